The number of rotatable bonds is 8. The Labute approximate surface area is 189 Å². The molecule has 0 aliphatic carbocycles. The predicted molar refractivity (Wildman–Crippen MR) is 117 cm³/mol. The van der Waals surface area contributed by atoms with E-state index in [1.165, 1.54) is 60.7 Å². The van der Waals surface area contributed by atoms with Gasteiger partial charge in [0.2, 0.25) is 0 Å². The van der Waals surface area contributed by atoms with Crippen LogP contribution in [0.15, 0.2) is 84.9 Å². The molecule has 4 rings (SSSR count). The summed E-state index contributed by atoms with van der Waals surface area (Å²) in [5, 5.41) is 0. The monoisotopic (exact) mass is 452 g/mol. The smallest absolute Gasteiger partial charge is 0.130 e. The standard InChI is InChI=1S/C27H20F4O2/c28-22-5-9-24(10-6-22)32-16-20-3-1-18(14-26(20)30)13-19-2-4-21(27(31)15-19)17-33-25-11-7-23(29)8-12-25/h1-12,14-15H,13,16-17H2. The normalized spacial score (nSPS) is 10.8. The minimum absolute atomic E-state index is 0.00905. The van der Waals surface area contributed by atoms with E-state index in [4.69, 9.17) is 9.47 Å². The molecule has 0 aromatic heterocycles. The molecule has 0 saturated carbocycles. The SMILES string of the molecule is Fc1ccc(OCc2ccc(Cc3ccc(COc4ccc(F)cc4)c(F)c3)cc2F)cc1. The lowest BCUT2D eigenvalue weighted by atomic mass is 10.0. The summed E-state index contributed by atoms with van der Waals surface area (Å²) in [6, 6.07) is 20.5. The fourth-order valence-corrected chi connectivity index (χ4v) is 3.26. The maximum absolute atomic E-state index is 14.5. The lowest BCUT2D eigenvalue weighted by Crippen LogP contribution is -2.01. The van der Waals surface area contributed by atoms with Gasteiger partial charge in [-0.1, -0.05) is 24.3 Å². The van der Waals surface area contributed by atoms with Gasteiger partial charge in [0.05, 0.1) is 0 Å². The molecule has 2 nitrogen and oxygen atoms in total. The first-order valence-electron chi connectivity index (χ1n) is 10.3. The number of ether oxygens (including phenoxy) is 2. The molecule has 0 spiro atoms. The zero-order chi connectivity index (χ0) is 23.2. The van der Waals surface area contributed by atoms with Crippen LogP contribution in [0.25, 0.3) is 0 Å². The first kappa shape index (κ1) is 22.4. The van der Waals surface area contributed by atoms with Crippen LogP contribution in [0.3, 0.4) is 0 Å². The summed E-state index contributed by atoms with van der Waals surface area (Å²) in [6.45, 7) is 0.0181. The Morgan fingerprint density at radius 3 is 1.24 bits per heavy atom. The van der Waals surface area contributed by atoms with E-state index in [0.717, 1.165) is 0 Å². The Hall–Kier alpha value is -3.80. The summed E-state index contributed by atoms with van der Waals surface area (Å²) in [5.41, 5.74) is 2.10. The molecule has 0 unspecified atom stereocenters. The largest absolute Gasteiger partial charge is 0.489 e. The van der Waals surface area contributed by atoms with Gasteiger partial charge in [0, 0.05) is 11.1 Å². The van der Waals surface area contributed by atoms with E-state index in [-0.39, 0.29) is 24.8 Å². The average Bonchev–Trinajstić information content (AvgIpc) is 2.80. The molecule has 4 aromatic carbocycles. The van der Waals surface area contributed by atoms with Gasteiger partial charge in [-0.25, -0.2) is 17.6 Å². The summed E-state index contributed by atoms with van der Waals surface area (Å²) in [5.74, 6) is -0.720. The Bertz CT molecular complexity index is 1130. The van der Waals surface area contributed by atoms with Gasteiger partial charge in [0.25, 0.3) is 0 Å². The Kier molecular flexibility index (Phi) is 6.93. The predicted octanol–water partition coefficient (Wildman–Crippen LogP) is 6.99. The van der Waals surface area contributed by atoms with Gasteiger partial charge in [-0.2, -0.15) is 0 Å². The summed E-state index contributed by atoms with van der Waals surface area (Å²) >= 11 is 0. The maximum Gasteiger partial charge on any atom is 0.130 e. The minimum atomic E-state index is -0.431. The summed E-state index contributed by atoms with van der Waals surface area (Å²) in [7, 11) is 0. The van der Waals surface area contributed by atoms with E-state index in [0.29, 0.717) is 40.2 Å². The second-order valence-electron chi connectivity index (χ2n) is 7.51. The average molecular weight is 452 g/mol. The topological polar surface area (TPSA) is 18.5 Å². The molecule has 0 saturated heterocycles. The van der Waals surface area contributed by atoms with E-state index in [2.05, 4.69) is 0 Å². The summed E-state index contributed by atoms with van der Waals surface area (Å²) in [6.07, 6.45) is 0.353. The number of hydrogen-bond donors (Lipinski definition) is 0. The molecule has 0 fully saturated rings. The van der Waals surface area contributed by atoms with Crippen LogP contribution in [0.1, 0.15) is 22.3 Å². The van der Waals surface area contributed by atoms with Gasteiger partial charge in [-0.3, -0.25) is 0 Å². The molecule has 0 aliphatic rings. The van der Waals surface area contributed by atoms with Crippen molar-refractivity contribution >= 4 is 0 Å². The van der Waals surface area contributed by atoms with Crippen molar-refractivity contribution in [1.82, 2.24) is 0 Å². The van der Waals surface area contributed by atoms with Gasteiger partial charge >= 0.3 is 0 Å². The fourth-order valence-electron chi connectivity index (χ4n) is 3.26. The molecule has 0 amide bonds. The van der Waals surface area contributed by atoms with Crippen molar-refractivity contribution in [3.63, 3.8) is 0 Å². The van der Waals surface area contributed by atoms with Crippen LogP contribution in [-0.4, -0.2) is 0 Å². The molecule has 0 atom stereocenters. The maximum atomic E-state index is 14.5. The van der Waals surface area contributed by atoms with Crippen LogP contribution in [0.4, 0.5) is 17.6 Å². The first-order chi connectivity index (χ1) is 16.0. The zero-order valence-electron chi connectivity index (χ0n) is 17.5. The second-order valence-corrected chi connectivity index (χ2v) is 7.51. The Morgan fingerprint density at radius 1 is 0.485 bits per heavy atom. The molecule has 0 heterocycles. The lowest BCUT2D eigenvalue weighted by molar-refractivity contribution is 0.299. The van der Waals surface area contributed by atoms with Crippen molar-refractivity contribution in [3.05, 3.63) is 130 Å². The highest BCUT2D eigenvalue weighted by Gasteiger charge is 2.09. The van der Waals surface area contributed by atoms with Gasteiger partial charge in [-0.15, -0.1) is 0 Å². The molecule has 0 N–H and O–H groups in total. The van der Waals surface area contributed by atoms with Gasteiger partial charge in [0.15, 0.2) is 0 Å². The fraction of sp³-hybridized carbons (Fsp3) is 0.111. The van der Waals surface area contributed by atoms with Crippen molar-refractivity contribution in [2.75, 3.05) is 0 Å². The van der Waals surface area contributed by atoms with Crippen molar-refractivity contribution < 1.29 is 27.0 Å². The Balaban J connectivity index is 1.36. The molecule has 0 bridgehead atoms. The number of hydrogen-bond acceptors (Lipinski definition) is 2. The van der Waals surface area contributed by atoms with Crippen LogP contribution >= 0.6 is 0 Å². The highest BCUT2D eigenvalue weighted by Crippen LogP contribution is 2.20. The molecular weight excluding hydrogens is 432 g/mol. The minimum Gasteiger partial charge on any atom is -0.489 e. The molecule has 4 aromatic rings. The van der Waals surface area contributed by atoms with E-state index in [1.54, 1.807) is 24.3 Å². The highest BCUT2D eigenvalue weighted by atomic mass is 19.1. The van der Waals surface area contributed by atoms with Crippen molar-refractivity contribution in [1.29, 1.82) is 0 Å². The van der Waals surface area contributed by atoms with Crippen LogP contribution < -0.4 is 9.47 Å². The van der Waals surface area contributed by atoms with Crippen LogP contribution in [0.2, 0.25) is 0 Å². The van der Waals surface area contributed by atoms with Crippen LogP contribution in [0.5, 0.6) is 11.5 Å². The molecule has 168 valence electrons. The number of benzene rings is 4. The van der Waals surface area contributed by atoms with Crippen LogP contribution in [0, 0.1) is 23.3 Å². The van der Waals surface area contributed by atoms with Crippen molar-refractivity contribution in [2.45, 2.75) is 19.6 Å². The Morgan fingerprint density at radius 2 is 0.879 bits per heavy atom. The third kappa shape index (κ3) is 6.13. The van der Waals surface area contributed by atoms with Gasteiger partial charge < -0.3 is 9.47 Å². The molecule has 6 heteroatoms. The molecular formula is C27H20F4O2. The van der Waals surface area contributed by atoms with Crippen molar-refractivity contribution in [2.24, 2.45) is 0 Å². The van der Waals surface area contributed by atoms with Crippen LogP contribution in [-0.2, 0) is 19.6 Å². The van der Waals surface area contributed by atoms with Gasteiger partial charge in [0.1, 0.15) is 48.0 Å². The quantitative estimate of drug-likeness (QED) is 0.268. The number of halogens is 4. The lowest BCUT2D eigenvalue weighted by Gasteiger charge is -2.10. The zero-order valence-corrected chi connectivity index (χ0v) is 17.5. The second kappa shape index (κ2) is 10.2. The van der Waals surface area contributed by atoms with E-state index in [9.17, 15) is 17.6 Å². The van der Waals surface area contributed by atoms with E-state index >= 15 is 0 Å². The third-order valence-electron chi connectivity index (χ3n) is 5.06. The molecule has 33 heavy (non-hydrogen) atoms. The first-order valence-corrected chi connectivity index (χ1v) is 10.3. The molecule has 0 aliphatic heterocycles. The van der Waals surface area contributed by atoms with Crippen molar-refractivity contribution in [3.8, 4) is 11.5 Å². The summed E-state index contributed by atoms with van der Waals surface area (Å²) < 4.78 is 65.9. The highest BCUT2D eigenvalue weighted by molar-refractivity contribution is 5.33. The summed E-state index contributed by atoms with van der Waals surface area (Å²) in [4.78, 5) is 0. The van der Waals surface area contributed by atoms with E-state index in [1.807, 2.05) is 0 Å². The van der Waals surface area contributed by atoms with E-state index < -0.39 is 11.6 Å². The third-order valence-corrected chi connectivity index (χ3v) is 5.06. The molecule has 0 radical (unpaired) electrons. The van der Waals surface area contributed by atoms with Gasteiger partial charge in [-0.05, 0) is 78.2 Å².